The van der Waals surface area contributed by atoms with Crippen LogP contribution >= 0.6 is 0 Å². The molecule has 0 saturated heterocycles. The summed E-state index contributed by atoms with van der Waals surface area (Å²) in [6.45, 7) is 0. The molecule has 0 saturated carbocycles. The molecule has 2 aliphatic heterocycles. The van der Waals surface area contributed by atoms with Crippen molar-refractivity contribution in [3.63, 3.8) is 0 Å². The van der Waals surface area contributed by atoms with Gasteiger partial charge in [-0.05, 0) is 0 Å². The Morgan fingerprint density at radius 1 is 0.862 bits per heavy atom. The van der Waals surface area contributed by atoms with Gasteiger partial charge in [0.1, 0.15) is 12.2 Å². The summed E-state index contributed by atoms with van der Waals surface area (Å²) >= 11 is 0. The van der Waals surface area contributed by atoms with Crippen LogP contribution in [-0.2, 0) is 14.9 Å². The maximum atomic E-state index is 13.7. The Kier molecular flexibility index (Phi) is 4.17. The molecule has 164 valence electrons. The molecule has 1 aromatic heterocycles. The van der Waals surface area contributed by atoms with Crippen LogP contribution in [0.15, 0.2) is 12.2 Å². The van der Waals surface area contributed by atoms with Crippen molar-refractivity contribution in [2.24, 2.45) is 0 Å². The number of rotatable bonds is 5. The van der Waals surface area contributed by atoms with E-state index in [-0.39, 0.29) is 0 Å². The lowest BCUT2D eigenvalue weighted by atomic mass is 10.0. The molecule has 3 rings (SSSR count). The van der Waals surface area contributed by atoms with E-state index >= 15 is 0 Å². The predicted octanol–water partition coefficient (Wildman–Crippen LogP) is 2.77. The fraction of sp³-hybridized carbons (Fsp3) is 0.500. The average molecular weight is 463 g/mol. The molecule has 7 nitrogen and oxygen atoms in total. The number of hydrogen-bond donors (Lipinski definition) is 2. The van der Waals surface area contributed by atoms with Gasteiger partial charge < -0.3 is 14.9 Å². The van der Waals surface area contributed by atoms with Gasteiger partial charge in [0, 0.05) is 0 Å². The molecule has 1 aromatic rings. The molecule has 0 aliphatic carbocycles. The van der Waals surface area contributed by atoms with Crippen LogP contribution in [0.1, 0.15) is 23.3 Å². The van der Waals surface area contributed by atoms with Crippen molar-refractivity contribution in [2.45, 2.75) is 35.5 Å². The van der Waals surface area contributed by atoms with Crippen LogP contribution in [0.25, 0.3) is 0 Å². The molecule has 0 aromatic carbocycles. The molecule has 0 amide bonds. The molecular weight excluding hydrogens is 457 g/mol. The van der Waals surface area contributed by atoms with E-state index in [9.17, 15) is 58.1 Å². The summed E-state index contributed by atoms with van der Waals surface area (Å²) in [6, 6.07) is 0. The Morgan fingerprint density at radius 2 is 1.28 bits per heavy atom. The Balaban J connectivity index is 2.03. The molecular formula is C12H6F9NO6S. The van der Waals surface area contributed by atoms with Gasteiger partial charge in [-0.1, -0.05) is 16.9 Å². The fourth-order valence-corrected chi connectivity index (χ4v) is 3.51. The normalized spacial score (nSPS) is 22.2. The monoisotopic (exact) mass is 463 g/mol. The van der Waals surface area contributed by atoms with Gasteiger partial charge in [-0.15, -0.1) is 0 Å². The van der Waals surface area contributed by atoms with Crippen molar-refractivity contribution in [3.8, 4) is 11.8 Å². The zero-order chi connectivity index (χ0) is 22.4. The van der Waals surface area contributed by atoms with Gasteiger partial charge in [-0.2, -0.15) is 47.9 Å². The predicted molar refractivity (Wildman–Crippen MR) is 69.9 cm³/mol. The average Bonchev–Trinajstić information content (AvgIpc) is 3.23. The third-order valence-corrected chi connectivity index (χ3v) is 5.31. The Labute approximate surface area is 153 Å². The van der Waals surface area contributed by atoms with Gasteiger partial charge in [0.15, 0.2) is 0 Å². The minimum Gasteiger partial charge on any atom is -0.492 e. The van der Waals surface area contributed by atoms with Crippen molar-refractivity contribution in [1.29, 1.82) is 0 Å². The van der Waals surface area contributed by atoms with E-state index in [1.807, 2.05) is 0 Å². The molecule has 2 aliphatic rings. The standard InChI is InChI=1S/C12H6F9NO6S/c13-9(14,11(17,18)19)10(15,16)12(20,21)29(25,26)28-22-7(23)5-3-1-2-4(27-3)6(5)8(22)24/h1-4,23-24H. The first kappa shape index (κ1) is 21.4. The van der Waals surface area contributed by atoms with Gasteiger partial charge in [0.2, 0.25) is 11.8 Å². The van der Waals surface area contributed by atoms with Crippen molar-refractivity contribution in [1.82, 2.24) is 4.73 Å². The zero-order valence-electron chi connectivity index (χ0n) is 13.1. The minimum absolute atomic E-state index is 0.416. The van der Waals surface area contributed by atoms with E-state index in [4.69, 9.17) is 4.74 Å². The van der Waals surface area contributed by atoms with Crippen LogP contribution in [0.3, 0.4) is 0 Å². The van der Waals surface area contributed by atoms with Crippen molar-refractivity contribution < 1.29 is 67.2 Å². The van der Waals surface area contributed by atoms with Crippen LogP contribution in [-0.4, -0.2) is 46.6 Å². The number of ether oxygens (including phenoxy) is 1. The Hall–Kier alpha value is -2.30. The number of halogens is 9. The van der Waals surface area contributed by atoms with Crippen molar-refractivity contribution in [3.05, 3.63) is 23.3 Å². The summed E-state index contributed by atoms with van der Waals surface area (Å²) in [4.78, 5) is 0. The third kappa shape index (κ3) is 2.52. The SMILES string of the molecule is O=S(=O)(On1c(O)c2c(c1O)C1C=CC2O1)C(F)(F)C(F)(F)C(F)(F)C(F)(F)F. The van der Waals surface area contributed by atoms with E-state index in [1.54, 1.807) is 0 Å². The highest BCUT2D eigenvalue weighted by Crippen LogP contribution is 2.56. The number of aromatic nitrogens is 1. The molecule has 0 radical (unpaired) electrons. The molecule has 2 unspecified atom stereocenters. The summed E-state index contributed by atoms with van der Waals surface area (Å²) in [6.07, 6.45) is -6.97. The van der Waals surface area contributed by atoms with E-state index in [2.05, 4.69) is 4.28 Å². The molecule has 17 heteroatoms. The second-order valence-electron chi connectivity index (χ2n) is 5.82. The molecule has 29 heavy (non-hydrogen) atoms. The fourth-order valence-electron chi connectivity index (χ4n) is 2.63. The summed E-state index contributed by atoms with van der Waals surface area (Å²) in [7, 11) is -7.34. The largest absolute Gasteiger partial charge is 0.492 e. The lowest BCUT2D eigenvalue weighted by Crippen LogP contribution is -2.64. The van der Waals surface area contributed by atoms with Gasteiger partial charge in [0.05, 0.1) is 11.1 Å². The summed E-state index contributed by atoms with van der Waals surface area (Å²) in [5, 5.41) is 12.5. The van der Waals surface area contributed by atoms with Crippen LogP contribution in [0.2, 0.25) is 0 Å². The summed E-state index contributed by atoms with van der Waals surface area (Å²) in [5.74, 6) is -17.9. The van der Waals surface area contributed by atoms with Crippen molar-refractivity contribution in [2.75, 3.05) is 0 Å². The maximum Gasteiger partial charge on any atom is 0.460 e. The quantitative estimate of drug-likeness (QED) is 0.515. The lowest BCUT2D eigenvalue weighted by Gasteiger charge is -2.32. The minimum atomic E-state index is -7.53. The first-order chi connectivity index (χ1) is 12.9. The zero-order valence-corrected chi connectivity index (χ0v) is 13.9. The van der Waals surface area contributed by atoms with Gasteiger partial charge in [-0.25, -0.2) is 0 Å². The first-order valence-corrected chi connectivity index (χ1v) is 8.44. The Morgan fingerprint density at radius 3 is 1.66 bits per heavy atom. The van der Waals surface area contributed by atoms with Gasteiger partial charge in [-0.3, -0.25) is 4.28 Å². The van der Waals surface area contributed by atoms with Crippen LogP contribution in [0.5, 0.6) is 11.8 Å². The van der Waals surface area contributed by atoms with Crippen LogP contribution in [0.4, 0.5) is 39.5 Å². The maximum absolute atomic E-state index is 13.7. The molecule has 2 N–H and O–H groups in total. The number of alkyl halides is 9. The van der Waals surface area contributed by atoms with E-state index < -0.39 is 73.2 Å². The highest BCUT2D eigenvalue weighted by atomic mass is 32.2. The second kappa shape index (κ2) is 5.65. The lowest BCUT2D eigenvalue weighted by molar-refractivity contribution is -0.382. The molecule has 2 bridgehead atoms. The number of fused-ring (bicyclic) bond motifs is 5. The Bertz CT molecular complexity index is 961. The van der Waals surface area contributed by atoms with E-state index in [0.717, 1.165) is 0 Å². The topological polar surface area (TPSA) is 98.0 Å². The summed E-state index contributed by atoms with van der Waals surface area (Å²) < 4.78 is 147. The number of hydrogen-bond acceptors (Lipinski definition) is 6. The van der Waals surface area contributed by atoms with Gasteiger partial charge in [0.25, 0.3) is 0 Å². The van der Waals surface area contributed by atoms with E-state index in [0.29, 0.717) is 0 Å². The molecule has 2 atom stereocenters. The highest BCUT2D eigenvalue weighted by Gasteiger charge is 2.86. The smallest absolute Gasteiger partial charge is 0.460 e. The third-order valence-electron chi connectivity index (χ3n) is 4.08. The first-order valence-electron chi connectivity index (χ1n) is 7.03. The van der Waals surface area contributed by atoms with Crippen molar-refractivity contribution >= 4 is 10.1 Å². The van der Waals surface area contributed by atoms with E-state index in [1.165, 1.54) is 12.2 Å². The molecule has 3 heterocycles. The number of nitrogens with zero attached hydrogens (tertiary/aromatic N) is 1. The molecule has 0 fully saturated rings. The highest BCUT2D eigenvalue weighted by molar-refractivity contribution is 7.88. The second-order valence-corrected chi connectivity index (χ2v) is 7.39. The molecule has 0 spiro atoms. The van der Waals surface area contributed by atoms with Gasteiger partial charge >= 0.3 is 33.4 Å². The van der Waals surface area contributed by atoms with Crippen LogP contribution < -0.4 is 4.28 Å². The van der Waals surface area contributed by atoms with Crippen LogP contribution in [0, 0.1) is 0 Å². The summed E-state index contributed by atoms with van der Waals surface area (Å²) in [5.41, 5.74) is -0.832. The number of aromatic hydroxyl groups is 2.